The molecule has 2 aromatic rings. The number of aryl methyl sites for hydroxylation is 1. The van der Waals surface area contributed by atoms with Crippen LogP contribution in [-0.2, 0) is 9.53 Å². The fourth-order valence-corrected chi connectivity index (χ4v) is 4.11. The van der Waals surface area contributed by atoms with Crippen molar-refractivity contribution in [1.82, 2.24) is 0 Å². The van der Waals surface area contributed by atoms with Crippen LogP contribution < -0.4 is 10.1 Å². The number of benzene rings is 1. The van der Waals surface area contributed by atoms with E-state index in [1.54, 1.807) is 13.8 Å². The van der Waals surface area contributed by atoms with Crippen molar-refractivity contribution < 1.29 is 19.1 Å². The third-order valence-corrected chi connectivity index (χ3v) is 6.29. The van der Waals surface area contributed by atoms with Gasteiger partial charge in [-0.3, -0.25) is 4.79 Å². The largest absolute Gasteiger partial charge is 0.483 e. The maximum atomic E-state index is 12.4. The van der Waals surface area contributed by atoms with Crippen molar-refractivity contribution in [3.8, 4) is 11.8 Å². The number of nitriles is 1. The van der Waals surface area contributed by atoms with E-state index in [0.29, 0.717) is 21.2 Å². The quantitative estimate of drug-likeness (QED) is 0.544. The molecule has 8 heteroatoms. The first-order chi connectivity index (χ1) is 13.7. The first-order valence-corrected chi connectivity index (χ1v) is 10.7. The second-order valence-electron chi connectivity index (χ2n) is 6.72. The zero-order chi connectivity index (χ0) is 21.7. The molecule has 0 saturated carbocycles. The van der Waals surface area contributed by atoms with E-state index >= 15 is 0 Å². The topological polar surface area (TPSA) is 88.4 Å². The summed E-state index contributed by atoms with van der Waals surface area (Å²) in [4.78, 5) is 24.8. The van der Waals surface area contributed by atoms with Gasteiger partial charge in [0.1, 0.15) is 21.7 Å². The predicted molar refractivity (Wildman–Crippen MR) is 117 cm³/mol. The average molecular weight is 479 g/mol. The molecule has 0 aliphatic heterocycles. The molecule has 29 heavy (non-hydrogen) atoms. The number of nitrogens with zero attached hydrogens (tertiary/aromatic N) is 1. The Kier molecular flexibility index (Phi) is 7.82. The number of anilines is 1. The van der Waals surface area contributed by atoms with Gasteiger partial charge in [0.25, 0.3) is 5.91 Å². The van der Waals surface area contributed by atoms with Crippen LogP contribution in [0.15, 0.2) is 16.6 Å². The highest BCUT2D eigenvalue weighted by Gasteiger charge is 2.22. The second-order valence-corrected chi connectivity index (χ2v) is 8.60. The van der Waals surface area contributed by atoms with E-state index < -0.39 is 11.9 Å². The molecular weight excluding hydrogens is 456 g/mol. The average Bonchev–Trinajstić information content (AvgIpc) is 2.97. The van der Waals surface area contributed by atoms with Crippen LogP contribution in [-0.4, -0.2) is 25.1 Å². The van der Waals surface area contributed by atoms with Crippen LogP contribution in [0.5, 0.6) is 5.75 Å². The molecule has 0 aliphatic carbocycles. The molecular formula is C21H23BrN2O4S. The minimum Gasteiger partial charge on any atom is -0.483 e. The molecule has 0 unspecified atom stereocenters. The zero-order valence-corrected chi connectivity index (χ0v) is 19.4. The molecule has 2 rings (SSSR count). The Bertz CT molecular complexity index is 976. The van der Waals surface area contributed by atoms with Crippen molar-refractivity contribution in [2.45, 2.75) is 40.5 Å². The molecule has 1 aromatic carbocycles. The van der Waals surface area contributed by atoms with Gasteiger partial charge in [0.05, 0.1) is 12.2 Å². The summed E-state index contributed by atoms with van der Waals surface area (Å²) in [5.41, 5.74) is 2.75. The molecule has 1 aromatic heterocycles. The number of hydrogen-bond donors (Lipinski definition) is 1. The minimum atomic E-state index is -0.504. The monoisotopic (exact) mass is 478 g/mol. The molecule has 0 atom stereocenters. The number of nitrogens with one attached hydrogen (secondary N) is 1. The fraction of sp³-hybridized carbons (Fsp3) is 0.381. The van der Waals surface area contributed by atoms with Gasteiger partial charge in [-0.15, -0.1) is 11.3 Å². The zero-order valence-electron chi connectivity index (χ0n) is 17.0. The Morgan fingerprint density at radius 1 is 1.31 bits per heavy atom. The van der Waals surface area contributed by atoms with E-state index in [-0.39, 0.29) is 24.7 Å². The fourth-order valence-electron chi connectivity index (χ4n) is 2.68. The first-order valence-electron chi connectivity index (χ1n) is 9.12. The number of halogens is 1. The SMILES string of the molecule is CCOC(=O)c1sc(NC(=O)COc2cc(C)c(Br)cc2C(C)C)c(C#N)c1C. The Labute approximate surface area is 183 Å². The smallest absolute Gasteiger partial charge is 0.348 e. The van der Waals surface area contributed by atoms with Gasteiger partial charge in [0, 0.05) is 4.47 Å². The lowest BCUT2D eigenvalue weighted by molar-refractivity contribution is -0.118. The van der Waals surface area contributed by atoms with Gasteiger partial charge >= 0.3 is 5.97 Å². The Morgan fingerprint density at radius 2 is 2.00 bits per heavy atom. The third-order valence-electron chi connectivity index (χ3n) is 4.24. The van der Waals surface area contributed by atoms with Crippen molar-refractivity contribution in [2.24, 2.45) is 0 Å². The second kappa shape index (κ2) is 9.90. The van der Waals surface area contributed by atoms with Crippen molar-refractivity contribution in [2.75, 3.05) is 18.5 Å². The lowest BCUT2D eigenvalue weighted by Gasteiger charge is -2.16. The highest BCUT2D eigenvalue weighted by Crippen LogP contribution is 2.34. The van der Waals surface area contributed by atoms with Gasteiger partial charge in [0.15, 0.2) is 6.61 Å². The van der Waals surface area contributed by atoms with E-state index in [1.165, 1.54) is 0 Å². The summed E-state index contributed by atoms with van der Waals surface area (Å²) in [7, 11) is 0. The summed E-state index contributed by atoms with van der Waals surface area (Å²) in [5.74, 6) is -0.0447. The molecule has 0 radical (unpaired) electrons. The van der Waals surface area contributed by atoms with Gasteiger partial charge in [0.2, 0.25) is 0 Å². The molecule has 6 nitrogen and oxygen atoms in total. The molecule has 0 aliphatic rings. The number of esters is 1. The molecule has 0 spiro atoms. The third kappa shape index (κ3) is 5.37. The van der Waals surface area contributed by atoms with Gasteiger partial charge in [-0.25, -0.2) is 4.79 Å². The van der Waals surface area contributed by atoms with Gasteiger partial charge in [-0.2, -0.15) is 5.26 Å². The van der Waals surface area contributed by atoms with Crippen LogP contribution in [0, 0.1) is 25.2 Å². The number of ether oxygens (including phenoxy) is 2. The van der Waals surface area contributed by atoms with Gasteiger partial charge < -0.3 is 14.8 Å². The van der Waals surface area contributed by atoms with E-state index in [2.05, 4.69) is 35.1 Å². The number of thiophene rings is 1. The van der Waals surface area contributed by atoms with E-state index in [0.717, 1.165) is 26.9 Å². The predicted octanol–water partition coefficient (Wildman–Crippen LogP) is 5.32. The summed E-state index contributed by atoms with van der Waals surface area (Å²) < 4.78 is 11.8. The molecule has 1 N–H and O–H groups in total. The Balaban J connectivity index is 2.17. The maximum Gasteiger partial charge on any atom is 0.348 e. The number of amides is 1. The van der Waals surface area contributed by atoms with E-state index in [1.807, 2.05) is 25.1 Å². The normalized spacial score (nSPS) is 10.6. The van der Waals surface area contributed by atoms with Crippen LogP contribution in [0.2, 0.25) is 0 Å². The van der Waals surface area contributed by atoms with Crippen LogP contribution in [0.3, 0.4) is 0 Å². The highest BCUT2D eigenvalue weighted by atomic mass is 79.9. The number of rotatable bonds is 7. The summed E-state index contributed by atoms with van der Waals surface area (Å²) >= 11 is 4.55. The van der Waals surface area contributed by atoms with E-state index in [4.69, 9.17) is 9.47 Å². The summed E-state index contributed by atoms with van der Waals surface area (Å²) in [5, 5.41) is 12.4. The molecule has 0 saturated heterocycles. The lowest BCUT2D eigenvalue weighted by Crippen LogP contribution is -2.20. The Morgan fingerprint density at radius 3 is 2.59 bits per heavy atom. The van der Waals surface area contributed by atoms with Crippen LogP contribution in [0.1, 0.15) is 58.6 Å². The van der Waals surface area contributed by atoms with Crippen molar-refractivity contribution in [1.29, 1.82) is 5.26 Å². The molecule has 1 heterocycles. The standard InChI is InChI=1S/C21H23BrN2O4S/c1-6-27-21(26)19-13(5)15(9-23)20(29-19)24-18(25)10-28-17-7-12(4)16(22)8-14(17)11(2)3/h7-8,11H,6,10H2,1-5H3,(H,24,25). The summed E-state index contributed by atoms with van der Waals surface area (Å²) in [6.45, 7) is 9.44. The first kappa shape index (κ1) is 22.9. The van der Waals surface area contributed by atoms with Crippen LogP contribution in [0.4, 0.5) is 5.00 Å². The van der Waals surface area contributed by atoms with Crippen molar-refractivity contribution in [3.63, 3.8) is 0 Å². The minimum absolute atomic E-state index is 0.211. The van der Waals surface area contributed by atoms with Crippen molar-refractivity contribution in [3.05, 3.63) is 43.7 Å². The molecule has 154 valence electrons. The number of carbonyl (C=O) groups excluding carboxylic acids is 2. The molecule has 0 fully saturated rings. The summed E-state index contributed by atoms with van der Waals surface area (Å²) in [6, 6.07) is 5.93. The Hall–Kier alpha value is -2.37. The van der Waals surface area contributed by atoms with Gasteiger partial charge in [-0.1, -0.05) is 29.8 Å². The van der Waals surface area contributed by atoms with Gasteiger partial charge in [-0.05, 0) is 55.5 Å². The summed E-state index contributed by atoms with van der Waals surface area (Å²) in [6.07, 6.45) is 0. The number of carbonyl (C=O) groups is 2. The van der Waals surface area contributed by atoms with Crippen LogP contribution >= 0.6 is 27.3 Å². The highest BCUT2D eigenvalue weighted by molar-refractivity contribution is 9.10. The van der Waals surface area contributed by atoms with Crippen molar-refractivity contribution >= 4 is 44.1 Å². The van der Waals surface area contributed by atoms with Crippen LogP contribution in [0.25, 0.3) is 0 Å². The maximum absolute atomic E-state index is 12.4. The molecule has 0 bridgehead atoms. The number of hydrogen-bond acceptors (Lipinski definition) is 6. The lowest BCUT2D eigenvalue weighted by atomic mass is 10.0. The molecule has 1 amide bonds. The van der Waals surface area contributed by atoms with E-state index in [9.17, 15) is 14.9 Å².